The Balaban J connectivity index is 1.68. The quantitative estimate of drug-likeness (QED) is 0.616. The van der Waals surface area contributed by atoms with Crippen molar-refractivity contribution in [2.24, 2.45) is 5.92 Å². The van der Waals surface area contributed by atoms with Crippen molar-refractivity contribution >= 4 is 16.2 Å². The van der Waals surface area contributed by atoms with Gasteiger partial charge in [0.15, 0.2) is 0 Å². The first-order chi connectivity index (χ1) is 14.4. The molecule has 1 heterocycles. The molecule has 30 heavy (non-hydrogen) atoms. The second-order valence-electron chi connectivity index (χ2n) is 7.32. The Kier molecular flexibility index (Phi) is 7.44. The summed E-state index contributed by atoms with van der Waals surface area (Å²) in [7, 11) is -3.61. The smallest absolute Gasteiger partial charge is 0.410 e. The van der Waals surface area contributed by atoms with Crippen LogP contribution in [0.15, 0.2) is 54.6 Å². The zero-order valence-electron chi connectivity index (χ0n) is 16.9. The normalized spacial score (nSPS) is 19.5. The van der Waals surface area contributed by atoms with E-state index in [1.165, 1.54) is 19.1 Å². The summed E-state index contributed by atoms with van der Waals surface area (Å²) >= 11 is 0. The molecule has 2 aromatic carbocycles. The molecule has 0 N–H and O–H groups in total. The molecule has 0 spiro atoms. The first-order valence-corrected chi connectivity index (χ1v) is 11.5. The Labute approximate surface area is 176 Å². The van der Waals surface area contributed by atoms with Crippen LogP contribution in [-0.4, -0.2) is 44.9 Å². The number of hydrogen-bond donors (Lipinski definition) is 0. The van der Waals surface area contributed by atoms with Crippen molar-refractivity contribution in [3.63, 3.8) is 0 Å². The molecule has 1 saturated heterocycles. The Bertz CT molecular complexity index is 934. The molecule has 6 nitrogen and oxygen atoms in total. The van der Waals surface area contributed by atoms with Gasteiger partial charge >= 0.3 is 6.09 Å². The minimum atomic E-state index is -3.61. The highest BCUT2D eigenvalue weighted by molar-refractivity contribution is 7.86. The number of halogens is 1. The monoisotopic (exact) mass is 435 g/mol. The number of benzene rings is 2. The van der Waals surface area contributed by atoms with E-state index in [9.17, 15) is 17.6 Å². The lowest BCUT2D eigenvalue weighted by molar-refractivity contribution is 0.0650. The summed E-state index contributed by atoms with van der Waals surface area (Å²) in [5.41, 5.74) is 1.79. The second kappa shape index (κ2) is 10.0. The van der Waals surface area contributed by atoms with Gasteiger partial charge in [-0.2, -0.15) is 8.42 Å². The SMILES string of the molecule is CCS(=O)(=O)OCC1CN(C(=O)OCc2ccccc2)CCC1c1ccc(F)cc1. The van der Waals surface area contributed by atoms with Gasteiger partial charge in [0.2, 0.25) is 0 Å². The van der Waals surface area contributed by atoms with E-state index in [0.29, 0.717) is 19.5 Å². The first kappa shape index (κ1) is 22.2. The molecule has 0 bridgehead atoms. The molecule has 2 unspecified atom stereocenters. The van der Waals surface area contributed by atoms with Crippen LogP contribution in [0.25, 0.3) is 0 Å². The maximum Gasteiger partial charge on any atom is 0.410 e. The lowest BCUT2D eigenvalue weighted by atomic mass is 9.81. The van der Waals surface area contributed by atoms with Gasteiger partial charge in [0, 0.05) is 19.0 Å². The van der Waals surface area contributed by atoms with Crippen molar-refractivity contribution in [3.05, 3.63) is 71.5 Å². The van der Waals surface area contributed by atoms with E-state index < -0.39 is 16.2 Å². The average molecular weight is 436 g/mol. The molecule has 2 atom stereocenters. The Hall–Kier alpha value is -2.45. The molecule has 0 aliphatic carbocycles. The molecule has 0 aromatic heterocycles. The van der Waals surface area contributed by atoms with E-state index in [1.807, 2.05) is 30.3 Å². The number of rotatable bonds is 7. The van der Waals surface area contributed by atoms with E-state index >= 15 is 0 Å². The third-order valence-electron chi connectivity index (χ3n) is 5.31. The molecule has 162 valence electrons. The molecule has 1 amide bonds. The van der Waals surface area contributed by atoms with E-state index in [4.69, 9.17) is 8.92 Å². The zero-order valence-corrected chi connectivity index (χ0v) is 17.7. The van der Waals surface area contributed by atoms with Crippen molar-refractivity contribution in [2.75, 3.05) is 25.4 Å². The maximum absolute atomic E-state index is 13.3. The molecule has 1 aliphatic rings. The average Bonchev–Trinajstić information content (AvgIpc) is 2.77. The van der Waals surface area contributed by atoms with E-state index in [-0.39, 0.29) is 36.6 Å². The van der Waals surface area contributed by atoms with Crippen LogP contribution in [0.1, 0.15) is 30.4 Å². The fourth-order valence-electron chi connectivity index (χ4n) is 3.60. The number of piperidine rings is 1. The summed E-state index contributed by atoms with van der Waals surface area (Å²) in [5.74, 6) is -0.753. The number of likely N-dealkylation sites (tertiary alicyclic amines) is 1. The van der Waals surface area contributed by atoms with Gasteiger partial charge in [-0.15, -0.1) is 0 Å². The van der Waals surface area contributed by atoms with Crippen molar-refractivity contribution in [1.29, 1.82) is 0 Å². The van der Waals surface area contributed by atoms with Crippen molar-refractivity contribution in [3.8, 4) is 0 Å². The number of hydrogen-bond acceptors (Lipinski definition) is 5. The van der Waals surface area contributed by atoms with E-state index in [2.05, 4.69) is 0 Å². The summed E-state index contributed by atoms with van der Waals surface area (Å²) in [4.78, 5) is 14.1. The highest BCUT2D eigenvalue weighted by atomic mass is 32.2. The van der Waals surface area contributed by atoms with Crippen LogP contribution in [0.5, 0.6) is 0 Å². The Morgan fingerprint density at radius 3 is 2.50 bits per heavy atom. The number of amides is 1. The van der Waals surface area contributed by atoms with Crippen LogP contribution in [0.2, 0.25) is 0 Å². The molecule has 2 aromatic rings. The maximum atomic E-state index is 13.3. The van der Waals surface area contributed by atoms with Crippen LogP contribution in [0.4, 0.5) is 9.18 Å². The Morgan fingerprint density at radius 2 is 1.83 bits per heavy atom. The Morgan fingerprint density at radius 1 is 1.13 bits per heavy atom. The van der Waals surface area contributed by atoms with Crippen LogP contribution in [0.3, 0.4) is 0 Å². The number of carbonyl (C=O) groups excluding carboxylic acids is 1. The molecule has 3 rings (SSSR count). The molecular weight excluding hydrogens is 409 g/mol. The summed E-state index contributed by atoms with van der Waals surface area (Å²) < 4.78 is 47.6. The number of carbonyl (C=O) groups is 1. The van der Waals surface area contributed by atoms with Gasteiger partial charge in [0.1, 0.15) is 12.4 Å². The number of ether oxygens (including phenoxy) is 1. The third kappa shape index (κ3) is 6.03. The zero-order chi connectivity index (χ0) is 21.6. The third-order valence-corrected chi connectivity index (χ3v) is 6.51. The minimum absolute atomic E-state index is 0.0410. The lowest BCUT2D eigenvalue weighted by Gasteiger charge is -2.38. The fourth-order valence-corrected chi connectivity index (χ4v) is 4.15. The van der Waals surface area contributed by atoms with Gasteiger partial charge in [-0.05, 0) is 42.5 Å². The van der Waals surface area contributed by atoms with Crippen molar-refractivity contribution < 1.29 is 26.5 Å². The minimum Gasteiger partial charge on any atom is -0.445 e. The van der Waals surface area contributed by atoms with Crippen molar-refractivity contribution in [2.45, 2.75) is 25.9 Å². The predicted molar refractivity (Wildman–Crippen MR) is 111 cm³/mol. The first-order valence-electron chi connectivity index (χ1n) is 9.96. The summed E-state index contributed by atoms with van der Waals surface area (Å²) in [5, 5.41) is 0. The lowest BCUT2D eigenvalue weighted by Crippen LogP contribution is -2.45. The summed E-state index contributed by atoms with van der Waals surface area (Å²) in [6, 6.07) is 15.6. The van der Waals surface area contributed by atoms with Gasteiger partial charge in [-0.25, -0.2) is 9.18 Å². The van der Waals surface area contributed by atoms with Gasteiger partial charge in [-0.1, -0.05) is 42.5 Å². The molecular formula is C22H26FNO5S. The van der Waals surface area contributed by atoms with Crippen LogP contribution < -0.4 is 0 Å². The number of nitrogens with zero attached hydrogens (tertiary/aromatic N) is 1. The highest BCUT2D eigenvalue weighted by Gasteiger charge is 2.34. The second-order valence-corrected chi connectivity index (χ2v) is 9.25. The van der Waals surface area contributed by atoms with Gasteiger partial charge in [0.05, 0.1) is 12.4 Å². The molecule has 1 aliphatic heterocycles. The highest BCUT2D eigenvalue weighted by Crippen LogP contribution is 2.34. The summed E-state index contributed by atoms with van der Waals surface area (Å²) in [6.07, 6.45) is 0.159. The standard InChI is InChI=1S/C22H26FNO5S/c1-2-30(26,27)29-16-19-14-24(22(25)28-15-17-6-4-3-5-7-17)13-12-21(19)18-8-10-20(23)11-9-18/h3-11,19,21H,2,12-16H2,1H3. The molecule has 1 fully saturated rings. The van der Waals surface area contributed by atoms with Crippen LogP contribution in [-0.2, 0) is 25.6 Å². The molecule has 8 heteroatoms. The van der Waals surface area contributed by atoms with Gasteiger partial charge in [-0.3, -0.25) is 4.18 Å². The van der Waals surface area contributed by atoms with Crippen LogP contribution >= 0.6 is 0 Å². The van der Waals surface area contributed by atoms with Crippen LogP contribution in [0, 0.1) is 11.7 Å². The van der Waals surface area contributed by atoms with E-state index in [0.717, 1.165) is 11.1 Å². The van der Waals surface area contributed by atoms with Crippen molar-refractivity contribution in [1.82, 2.24) is 4.90 Å². The van der Waals surface area contributed by atoms with Gasteiger partial charge in [0.25, 0.3) is 10.1 Å². The fraction of sp³-hybridized carbons (Fsp3) is 0.409. The predicted octanol–water partition coefficient (Wildman–Crippen LogP) is 3.93. The molecule has 0 saturated carbocycles. The largest absolute Gasteiger partial charge is 0.445 e. The molecule has 0 radical (unpaired) electrons. The van der Waals surface area contributed by atoms with E-state index in [1.54, 1.807) is 17.0 Å². The summed E-state index contributed by atoms with van der Waals surface area (Å²) in [6.45, 7) is 2.41. The topological polar surface area (TPSA) is 72.9 Å². The van der Waals surface area contributed by atoms with Gasteiger partial charge < -0.3 is 9.64 Å².